The summed E-state index contributed by atoms with van der Waals surface area (Å²) in [6.07, 6.45) is 1.84. The maximum Gasteiger partial charge on any atom is 0.174 e. The highest BCUT2D eigenvalue weighted by atomic mass is 79.9. The molecule has 0 radical (unpaired) electrons. The van der Waals surface area contributed by atoms with E-state index in [0.717, 1.165) is 26.0 Å². The van der Waals surface area contributed by atoms with Crippen molar-refractivity contribution >= 4 is 54.9 Å². The highest BCUT2D eigenvalue weighted by Gasteiger charge is 2.42. The third-order valence-electron chi connectivity index (χ3n) is 6.39. The van der Waals surface area contributed by atoms with E-state index in [9.17, 15) is 0 Å². The van der Waals surface area contributed by atoms with Crippen molar-refractivity contribution in [2.75, 3.05) is 4.90 Å². The van der Waals surface area contributed by atoms with Crippen LogP contribution in [0.3, 0.4) is 0 Å². The summed E-state index contributed by atoms with van der Waals surface area (Å²) in [6, 6.07) is 23.0. The summed E-state index contributed by atoms with van der Waals surface area (Å²) in [4.78, 5) is 6.93. The van der Waals surface area contributed by atoms with E-state index < -0.39 is 0 Å². The predicted molar refractivity (Wildman–Crippen MR) is 150 cm³/mol. The van der Waals surface area contributed by atoms with Crippen LogP contribution in [-0.4, -0.2) is 14.7 Å². The SMILES string of the molecule is Cc1cc(N2C(=S)NC(c3ccccn3)C2c2cc(C)n(-c3ccc(Br)cc3)c2C)ccc1Br. The van der Waals surface area contributed by atoms with Crippen LogP contribution in [0.25, 0.3) is 5.69 Å². The molecule has 2 atom stereocenters. The number of anilines is 1. The van der Waals surface area contributed by atoms with E-state index in [1.54, 1.807) is 0 Å². The summed E-state index contributed by atoms with van der Waals surface area (Å²) in [7, 11) is 0. The van der Waals surface area contributed by atoms with Crippen LogP contribution in [-0.2, 0) is 0 Å². The van der Waals surface area contributed by atoms with Gasteiger partial charge in [0.2, 0.25) is 0 Å². The Morgan fingerprint density at radius 2 is 1.65 bits per heavy atom. The van der Waals surface area contributed by atoms with E-state index in [1.807, 2.05) is 18.3 Å². The van der Waals surface area contributed by atoms with Gasteiger partial charge in [0.15, 0.2) is 5.11 Å². The van der Waals surface area contributed by atoms with Crippen LogP contribution < -0.4 is 10.2 Å². The van der Waals surface area contributed by atoms with Gasteiger partial charge in [-0.05, 0) is 105 Å². The Balaban J connectivity index is 1.68. The standard InChI is InChI=1S/C27H24Br2N4S/c1-16-14-21(11-12-23(16)29)33-26(25(31-27(33)34)24-6-4-5-13-30-24)22-15-17(2)32(18(22)3)20-9-7-19(28)8-10-20/h4-15,25-26H,1-3H3,(H,31,34). The van der Waals surface area contributed by atoms with Crippen molar-refractivity contribution in [2.24, 2.45) is 0 Å². The van der Waals surface area contributed by atoms with Gasteiger partial charge in [0.1, 0.15) is 0 Å². The minimum atomic E-state index is -0.0727. The Kier molecular flexibility index (Phi) is 6.35. The zero-order valence-corrected chi connectivity index (χ0v) is 23.1. The first kappa shape index (κ1) is 23.3. The topological polar surface area (TPSA) is 33.1 Å². The molecule has 3 heterocycles. The molecule has 2 aromatic carbocycles. The zero-order valence-electron chi connectivity index (χ0n) is 19.1. The second-order valence-corrected chi connectivity index (χ2v) is 10.7. The molecule has 0 saturated carbocycles. The number of benzene rings is 2. The Bertz CT molecular complexity index is 1370. The summed E-state index contributed by atoms with van der Waals surface area (Å²) in [5, 5.41) is 4.28. The largest absolute Gasteiger partial charge is 0.351 e. The quantitative estimate of drug-likeness (QED) is 0.248. The molecule has 172 valence electrons. The number of nitrogens with one attached hydrogen (secondary N) is 1. The third kappa shape index (κ3) is 4.10. The van der Waals surface area contributed by atoms with Crippen molar-refractivity contribution in [3.63, 3.8) is 0 Å². The molecule has 1 fully saturated rings. The van der Waals surface area contributed by atoms with Crippen molar-refractivity contribution in [1.82, 2.24) is 14.9 Å². The van der Waals surface area contributed by atoms with E-state index in [1.165, 1.54) is 22.5 Å². The van der Waals surface area contributed by atoms with Crippen LogP contribution in [0.5, 0.6) is 0 Å². The molecule has 0 aliphatic carbocycles. The number of aryl methyl sites for hydroxylation is 2. The molecule has 1 saturated heterocycles. The maximum atomic E-state index is 5.91. The molecular formula is C27H24Br2N4S. The van der Waals surface area contributed by atoms with Crippen LogP contribution in [0.2, 0.25) is 0 Å². The van der Waals surface area contributed by atoms with Crippen LogP contribution >= 0.6 is 44.1 Å². The Labute approximate surface area is 222 Å². The first-order valence-electron chi connectivity index (χ1n) is 11.1. The van der Waals surface area contributed by atoms with E-state index in [2.05, 4.69) is 127 Å². The number of hydrogen-bond acceptors (Lipinski definition) is 2. The summed E-state index contributed by atoms with van der Waals surface area (Å²) < 4.78 is 4.46. The van der Waals surface area contributed by atoms with Gasteiger partial charge in [-0.25, -0.2) is 0 Å². The first-order valence-corrected chi connectivity index (χ1v) is 13.1. The lowest BCUT2D eigenvalue weighted by Gasteiger charge is -2.28. The van der Waals surface area contributed by atoms with Gasteiger partial charge in [0, 0.05) is 37.9 Å². The molecule has 1 aliphatic heterocycles. The Hall–Kier alpha value is -2.48. The van der Waals surface area contributed by atoms with Gasteiger partial charge in [0.05, 0.1) is 17.8 Å². The lowest BCUT2D eigenvalue weighted by atomic mass is 9.96. The number of nitrogens with zero attached hydrogens (tertiary/aromatic N) is 3. The predicted octanol–water partition coefficient (Wildman–Crippen LogP) is 7.50. The average Bonchev–Trinajstić information content (AvgIpc) is 3.32. The van der Waals surface area contributed by atoms with Gasteiger partial charge in [-0.1, -0.05) is 37.9 Å². The fourth-order valence-corrected chi connectivity index (χ4v) is 5.66. The average molecular weight is 596 g/mol. The zero-order chi connectivity index (χ0) is 24.0. The number of halogens is 2. The molecular weight excluding hydrogens is 572 g/mol. The minimum Gasteiger partial charge on any atom is -0.351 e. The molecule has 2 aromatic heterocycles. The van der Waals surface area contributed by atoms with E-state index in [0.29, 0.717) is 5.11 Å². The van der Waals surface area contributed by atoms with Crippen LogP contribution in [0, 0.1) is 20.8 Å². The molecule has 34 heavy (non-hydrogen) atoms. The number of pyridine rings is 1. The molecule has 0 amide bonds. The smallest absolute Gasteiger partial charge is 0.174 e. The summed E-state index contributed by atoms with van der Waals surface area (Å²) in [5.74, 6) is 0. The monoisotopic (exact) mass is 594 g/mol. The molecule has 5 rings (SSSR count). The van der Waals surface area contributed by atoms with E-state index in [-0.39, 0.29) is 12.1 Å². The fraction of sp³-hybridized carbons (Fsp3) is 0.185. The molecule has 1 aliphatic rings. The van der Waals surface area contributed by atoms with Gasteiger partial charge in [-0.3, -0.25) is 4.98 Å². The number of hydrogen-bond donors (Lipinski definition) is 1. The summed E-state index contributed by atoms with van der Waals surface area (Å²) in [6.45, 7) is 6.44. The third-order valence-corrected chi connectivity index (χ3v) is 8.12. The lowest BCUT2D eigenvalue weighted by molar-refractivity contribution is 0.565. The van der Waals surface area contributed by atoms with Gasteiger partial charge < -0.3 is 14.8 Å². The Morgan fingerprint density at radius 3 is 2.32 bits per heavy atom. The molecule has 0 bridgehead atoms. The number of thiocarbonyl (C=S) groups is 1. The fourth-order valence-electron chi connectivity index (χ4n) is 4.80. The first-order chi connectivity index (χ1) is 16.3. The highest BCUT2D eigenvalue weighted by molar-refractivity contribution is 9.10. The summed E-state index contributed by atoms with van der Waals surface area (Å²) in [5.41, 5.74) is 7.94. The van der Waals surface area contributed by atoms with Crippen molar-refractivity contribution in [1.29, 1.82) is 0 Å². The molecule has 0 spiro atoms. The number of aromatic nitrogens is 2. The van der Waals surface area contributed by atoms with E-state index in [4.69, 9.17) is 12.2 Å². The lowest BCUT2D eigenvalue weighted by Crippen LogP contribution is -2.29. The second-order valence-electron chi connectivity index (χ2n) is 8.57. The Morgan fingerprint density at radius 1 is 0.912 bits per heavy atom. The molecule has 2 unspecified atom stereocenters. The molecule has 1 N–H and O–H groups in total. The van der Waals surface area contributed by atoms with Crippen LogP contribution in [0.15, 0.2) is 81.9 Å². The normalized spacial score (nSPS) is 17.8. The van der Waals surface area contributed by atoms with Crippen molar-refractivity contribution < 1.29 is 0 Å². The van der Waals surface area contributed by atoms with Crippen molar-refractivity contribution in [2.45, 2.75) is 32.9 Å². The van der Waals surface area contributed by atoms with Crippen LogP contribution in [0.4, 0.5) is 5.69 Å². The second kappa shape index (κ2) is 9.29. The van der Waals surface area contributed by atoms with Gasteiger partial charge in [-0.2, -0.15) is 0 Å². The molecule has 4 aromatic rings. The van der Waals surface area contributed by atoms with E-state index >= 15 is 0 Å². The minimum absolute atomic E-state index is 0.0432. The number of rotatable bonds is 4. The maximum absolute atomic E-state index is 5.91. The molecule has 4 nitrogen and oxygen atoms in total. The van der Waals surface area contributed by atoms with Gasteiger partial charge in [0.25, 0.3) is 0 Å². The van der Waals surface area contributed by atoms with Crippen molar-refractivity contribution in [3.8, 4) is 5.69 Å². The molecule has 7 heteroatoms. The van der Waals surface area contributed by atoms with Gasteiger partial charge >= 0.3 is 0 Å². The summed E-state index contributed by atoms with van der Waals surface area (Å²) >= 11 is 13.1. The highest BCUT2D eigenvalue weighted by Crippen LogP contribution is 2.44. The van der Waals surface area contributed by atoms with Gasteiger partial charge in [-0.15, -0.1) is 0 Å². The van der Waals surface area contributed by atoms with Crippen molar-refractivity contribution in [3.05, 3.63) is 110 Å². The van der Waals surface area contributed by atoms with Crippen LogP contribution in [0.1, 0.15) is 40.3 Å².